The average molecular weight is 327 g/mol. The lowest BCUT2D eigenvalue weighted by Crippen LogP contribution is -2.10. The molecule has 2 rings (SSSR count). The Hall–Kier alpha value is -1.74. The van der Waals surface area contributed by atoms with E-state index in [4.69, 9.17) is 0 Å². The molecule has 2 aromatic carbocycles. The van der Waals surface area contributed by atoms with Crippen molar-refractivity contribution in [1.82, 2.24) is 4.31 Å². The first kappa shape index (κ1) is 17.6. The summed E-state index contributed by atoms with van der Waals surface area (Å²) in [6.45, 7) is 10.9. The first-order valence-electron chi connectivity index (χ1n) is 7.88. The van der Waals surface area contributed by atoms with E-state index in [0.717, 1.165) is 5.69 Å². The van der Waals surface area contributed by atoms with Crippen molar-refractivity contribution in [2.24, 2.45) is 4.99 Å². The van der Waals surface area contributed by atoms with Crippen LogP contribution in [0, 0.1) is 13.8 Å². The van der Waals surface area contributed by atoms with Gasteiger partial charge in [-0.1, -0.05) is 50.6 Å². The first-order valence-corrected chi connectivity index (χ1v) is 8.66. The average Bonchev–Trinajstić information content (AvgIpc) is 2.46. The van der Waals surface area contributed by atoms with E-state index in [0.29, 0.717) is 0 Å². The van der Waals surface area contributed by atoms with Crippen molar-refractivity contribution in [3.8, 4) is 0 Å². The van der Waals surface area contributed by atoms with Gasteiger partial charge >= 0.3 is 0 Å². The number of rotatable bonds is 4. The van der Waals surface area contributed by atoms with Gasteiger partial charge in [0.1, 0.15) is 6.34 Å². The van der Waals surface area contributed by atoms with E-state index in [9.17, 15) is 0 Å². The lowest BCUT2D eigenvalue weighted by atomic mass is 9.87. The van der Waals surface area contributed by atoms with Crippen LogP contribution in [0.4, 0.5) is 5.69 Å². The molecular formula is C20H26N2S. The summed E-state index contributed by atoms with van der Waals surface area (Å²) in [5.41, 5.74) is 5.04. The molecule has 2 nitrogen and oxygen atoms in total. The highest BCUT2D eigenvalue weighted by Crippen LogP contribution is 2.27. The fraction of sp³-hybridized carbons (Fsp3) is 0.350. The molecule has 3 heteroatoms. The van der Waals surface area contributed by atoms with E-state index < -0.39 is 0 Å². The standard InChI is InChI=1S/C20H26N2S/c1-15-7-12-19(16(2)13-15)21-14-22(6)23-18-10-8-17(9-11-18)20(3,4)5/h7-14H,1-6H3. The van der Waals surface area contributed by atoms with Crippen molar-refractivity contribution in [1.29, 1.82) is 0 Å². The van der Waals surface area contributed by atoms with E-state index in [-0.39, 0.29) is 5.41 Å². The van der Waals surface area contributed by atoms with Gasteiger partial charge in [0.2, 0.25) is 0 Å². The molecule has 122 valence electrons. The van der Waals surface area contributed by atoms with Crippen LogP contribution >= 0.6 is 11.9 Å². The maximum Gasteiger partial charge on any atom is 0.101 e. The van der Waals surface area contributed by atoms with Gasteiger partial charge in [-0.15, -0.1) is 0 Å². The second-order valence-electron chi connectivity index (χ2n) is 6.95. The summed E-state index contributed by atoms with van der Waals surface area (Å²) >= 11 is 1.68. The van der Waals surface area contributed by atoms with Crippen molar-refractivity contribution < 1.29 is 0 Å². The molecule has 0 radical (unpaired) electrons. The Kier molecular flexibility index (Phi) is 5.53. The zero-order valence-corrected chi connectivity index (χ0v) is 15.7. The minimum absolute atomic E-state index is 0.194. The van der Waals surface area contributed by atoms with Crippen LogP contribution in [-0.2, 0) is 5.41 Å². The molecule has 0 N–H and O–H groups in total. The van der Waals surface area contributed by atoms with Gasteiger partial charge in [0.05, 0.1) is 5.69 Å². The molecule has 0 aliphatic rings. The largest absolute Gasteiger partial charge is 0.306 e. The zero-order valence-electron chi connectivity index (χ0n) is 14.9. The van der Waals surface area contributed by atoms with Crippen LogP contribution in [0.15, 0.2) is 52.4 Å². The fourth-order valence-electron chi connectivity index (χ4n) is 2.30. The van der Waals surface area contributed by atoms with E-state index in [1.165, 1.54) is 21.6 Å². The molecular weight excluding hydrogens is 300 g/mol. The Balaban J connectivity index is 2.01. The molecule has 0 atom stereocenters. The lowest BCUT2D eigenvalue weighted by Gasteiger charge is -2.19. The van der Waals surface area contributed by atoms with Crippen LogP contribution in [-0.4, -0.2) is 17.7 Å². The van der Waals surface area contributed by atoms with Crippen LogP contribution in [0.25, 0.3) is 0 Å². The number of benzene rings is 2. The third kappa shape index (κ3) is 5.14. The highest BCUT2D eigenvalue weighted by atomic mass is 32.2. The molecule has 0 fully saturated rings. The predicted molar refractivity (Wildman–Crippen MR) is 103 cm³/mol. The van der Waals surface area contributed by atoms with Crippen molar-refractivity contribution in [3.63, 3.8) is 0 Å². The zero-order chi connectivity index (χ0) is 17.0. The Labute approximate surface area is 144 Å². The number of nitrogens with zero attached hydrogens (tertiary/aromatic N) is 2. The van der Waals surface area contributed by atoms with Crippen molar-refractivity contribution in [3.05, 3.63) is 59.2 Å². The second-order valence-corrected chi connectivity index (χ2v) is 8.18. The number of aliphatic imine (C=N–C) groups is 1. The van der Waals surface area contributed by atoms with Gasteiger partial charge in [-0.2, -0.15) is 0 Å². The fourth-order valence-corrected chi connectivity index (χ4v) is 2.98. The maximum atomic E-state index is 4.58. The smallest absolute Gasteiger partial charge is 0.101 e. The summed E-state index contributed by atoms with van der Waals surface area (Å²) < 4.78 is 2.03. The van der Waals surface area contributed by atoms with Crippen LogP contribution in [0.3, 0.4) is 0 Å². The maximum absolute atomic E-state index is 4.58. The van der Waals surface area contributed by atoms with Gasteiger partial charge in [-0.3, -0.25) is 0 Å². The molecule has 23 heavy (non-hydrogen) atoms. The van der Waals surface area contributed by atoms with E-state index in [1.54, 1.807) is 11.9 Å². The molecule has 0 amide bonds. The minimum Gasteiger partial charge on any atom is -0.306 e. The third-order valence-corrected chi connectivity index (χ3v) is 4.55. The van der Waals surface area contributed by atoms with Crippen LogP contribution in [0.1, 0.15) is 37.5 Å². The third-order valence-electron chi connectivity index (χ3n) is 3.68. The van der Waals surface area contributed by atoms with Crippen molar-refractivity contribution >= 4 is 24.0 Å². The van der Waals surface area contributed by atoms with Gasteiger partial charge in [0.15, 0.2) is 0 Å². The second kappa shape index (κ2) is 7.22. The molecule has 0 aromatic heterocycles. The summed E-state index contributed by atoms with van der Waals surface area (Å²) in [7, 11) is 2.02. The summed E-state index contributed by atoms with van der Waals surface area (Å²) in [4.78, 5) is 5.80. The molecule has 0 saturated heterocycles. The Morgan fingerprint density at radius 2 is 1.65 bits per heavy atom. The quantitative estimate of drug-likeness (QED) is 0.395. The van der Waals surface area contributed by atoms with Crippen LogP contribution in [0.2, 0.25) is 0 Å². The summed E-state index contributed by atoms with van der Waals surface area (Å²) in [5, 5.41) is 0. The van der Waals surface area contributed by atoms with Gasteiger partial charge in [0.25, 0.3) is 0 Å². The molecule has 0 saturated carbocycles. The van der Waals surface area contributed by atoms with Crippen molar-refractivity contribution in [2.45, 2.75) is 44.9 Å². The van der Waals surface area contributed by atoms with E-state index >= 15 is 0 Å². The number of aryl methyl sites for hydroxylation is 2. The molecule has 0 bridgehead atoms. The van der Waals surface area contributed by atoms with Gasteiger partial charge < -0.3 is 4.31 Å². The molecule has 0 aliphatic heterocycles. The molecule has 0 unspecified atom stereocenters. The monoisotopic (exact) mass is 326 g/mol. The molecule has 0 heterocycles. The molecule has 0 aliphatic carbocycles. The highest BCUT2D eigenvalue weighted by molar-refractivity contribution is 7.97. The summed E-state index contributed by atoms with van der Waals surface area (Å²) in [5.74, 6) is 0. The number of hydrogen-bond donors (Lipinski definition) is 0. The number of hydrogen-bond acceptors (Lipinski definition) is 2. The van der Waals surface area contributed by atoms with Gasteiger partial charge in [0, 0.05) is 11.9 Å². The Morgan fingerprint density at radius 3 is 2.22 bits per heavy atom. The Bertz CT molecular complexity index is 682. The van der Waals surface area contributed by atoms with Crippen LogP contribution in [0.5, 0.6) is 0 Å². The first-order chi connectivity index (χ1) is 10.8. The van der Waals surface area contributed by atoms with Gasteiger partial charge in [-0.05, 0) is 60.5 Å². The van der Waals surface area contributed by atoms with Crippen molar-refractivity contribution in [2.75, 3.05) is 7.05 Å². The predicted octanol–water partition coefficient (Wildman–Crippen LogP) is 5.90. The SMILES string of the molecule is Cc1ccc(N=CN(C)Sc2ccc(C(C)(C)C)cc2)c(C)c1. The van der Waals surface area contributed by atoms with Crippen LogP contribution < -0.4 is 0 Å². The normalized spacial score (nSPS) is 11.9. The molecule has 0 spiro atoms. The summed E-state index contributed by atoms with van der Waals surface area (Å²) in [6, 6.07) is 15.1. The minimum atomic E-state index is 0.194. The summed E-state index contributed by atoms with van der Waals surface area (Å²) in [6.07, 6.45) is 1.88. The van der Waals surface area contributed by atoms with E-state index in [1.807, 2.05) is 17.7 Å². The molecule has 2 aromatic rings. The van der Waals surface area contributed by atoms with E-state index in [2.05, 4.69) is 82.1 Å². The lowest BCUT2D eigenvalue weighted by molar-refractivity contribution is 0.589. The topological polar surface area (TPSA) is 15.6 Å². The van der Waals surface area contributed by atoms with Gasteiger partial charge in [-0.25, -0.2) is 4.99 Å². The Morgan fingerprint density at radius 1 is 1.00 bits per heavy atom. The highest BCUT2D eigenvalue weighted by Gasteiger charge is 2.13.